The molecule has 1 saturated heterocycles. The summed E-state index contributed by atoms with van der Waals surface area (Å²) in [5.74, 6) is 0.769. The van der Waals surface area contributed by atoms with E-state index < -0.39 is 6.17 Å². The van der Waals surface area contributed by atoms with Gasteiger partial charge in [0.15, 0.2) is 0 Å². The van der Waals surface area contributed by atoms with Crippen molar-refractivity contribution in [3.05, 3.63) is 34.4 Å². The molecule has 2 atom stereocenters. The number of fused-ring (bicyclic) bond motifs is 1. The van der Waals surface area contributed by atoms with Gasteiger partial charge < -0.3 is 10.6 Å². The van der Waals surface area contributed by atoms with Crippen molar-refractivity contribution in [3.8, 4) is 11.3 Å². The summed E-state index contributed by atoms with van der Waals surface area (Å²) >= 11 is 12.5. The van der Waals surface area contributed by atoms with Crippen LogP contribution in [0.15, 0.2) is 24.4 Å². The van der Waals surface area contributed by atoms with Gasteiger partial charge in [-0.25, -0.2) is 14.4 Å². The van der Waals surface area contributed by atoms with Crippen molar-refractivity contribution in [2.75, 3.05) is 18.0 Å². The number of piperidine rings is 1. The first-order valence-electron chi connectivity index (χ1n) is 9.79. The van der Waals surface area contributed by atoms with Crippen LogP contribution < -0.4 is 10.6 Å². The predicted molar refractivity (Wildman–Crippen MR) is 113 cm³/mol. The van der Waals surface area contributed by atoms with Gasteiger partial charge in [-0.15, -0.1) is 0 Å². The van der Waals surface area contributed by atoms with Gasteiger partial charge in [-0.1, -0.05) is 35.3 Å². The number of halogens is 3. The maximum atomic E-state index is 13.9. The zero-order valence-corrected chi connectivity index (χ0v) is 17.2. The number of aromatic amines is 1. The Bertz CT molecular complexity index is 1060. The first kappa shape index (κ1) is 19.0. The summed E-state index contributed by atoms with van der Waals surface area (Å²) in [7, 11) is 0. The summed E-state index contributed by atoms with van der Waals surface area (Å²) in [5, 5.41) is 8.22. The Balaban J connectivity index is 1.40. The Morgan fingerprint density at radius 3 is 2.72 bits per heavy atom. The maximum absolute atomic E-state index is 13.9. The van der Waals surface area contributed by atoms with Crippen molar-refractivity contribution >= 4 is 40.2 Å². The maximum Gasteiger partial charge on any atom is 0.202 e. The van der Waals surface area contributed by atoms with Gasteiger partial charge in [-0.2, -0.15) is 5.10 Å². The van der Waals surface area contributed by atoms with E-state index in [1.54, 1.807) is 12.3 Å². The first-order valence-corrected chi connectivity index (χ1v) is 10.5. The van der Waals surface area contributed by atoms with Crippen LogP contribution in [-0.4, -0.2) is 45.5 Å². The molecule has 9 heteroatoms. The van der Waals surface area contributed by atoms with Crippen LogP contribution in [0.1, 0.15) is 25.7 Å². The van der Waals surface area contributed by atoms with E-state index in [9.17, 15) is 4.39 Å². The van der Waals surface area contributed by atoms with E-state index in [-0.39, 0.29) is 11.5 Å². The molecule has 1 aliphatic heterocycles. The highest BCUT2D eigenvalue weighted by Crippen LogP contribution is 2.47. The van der Waals surface area contributed by atoms with E-state index in [1.807, 2.05) is 12.1 Å². The SMILES string of the molecule is NC1C(F)CCC12CCN(c1cnc3c(-c4cccc(Cl)c4Cl)[nH]nc3n1)CC2. The lowest BCUT2D eigenvalue weighted by atomic mass is 9.74. The van der Waals surface area contributed by atoms with Crippen LogP contribution in [0.25, 0.3) is 22.4 Å². The van der Waals surface area contributed by atoms with Crippen LogP contribution in [0.4, 0.5) is 10.2 Å². The smallest absolute Gasteiger partial charge is 0.202 e. The molecule has 2 unspecified atom stereocenters. The third-order valence-electron chi connectivity index (χ3n) is 6.57. The van der Waals surface area contributed by atoms with E-state index >= 15 is 0 Å². The van der Waals surface area contributed by atoms with Gasteiger partial charge in [-0.3, -0.25) is 5.10 Å². The molecule has 0 radical (unpaired) electrons. The summed E-state index contributed by atoms with van der Waals surface area (Å²) < 4.78 is 13.9. The van der Waals surface area contributed by atoms with Crippen molar-refractivity contribution in [2.24, 2.45) is 11.1 Å². The number of hydrogen-bond acceptors (Lipinski definition) is 5. The van der Waals surface area contributed by atoms with Crippen LogP contribution in [0.3, 0.4) is 0 Å². The van der Waals surface area contributed by atoms with E-state index in [0.29, 0.717) is 33.3 Å². The summed E-state index contributed by atoms with van der Waals surface area (Å²) in [5.41, 5.74) is 8.69. The molecule has 29 heavy (non-hydrogen) atoms. The molecule has 0 bridgehead atoms. The van der Waals surface area contributed by atoms with Crippen molar-refractivity contribution < 1.29 is 4.39 Å². The number of nitrogens with one attached hydrogen (secondary N) is 1. The molecule has 1 aromatic carbocycles. The van der Waals surface area contributed by atoms with Crippen molar-refractivity contribution in [1.82, 2.24) is 20.2 Å². The van der Waals surface area contributed by atoms with E-state index in [4.69, 9.17) is 28.9 Å². The lowest BCUT2D eigenvalue weighted by molar-refractivity contribution is 0.167. The fraction of sp³-hybridized carbons (Fsp3) is 0.450. The van der Waals surface area contributed by atoms with Crippen molar-refractivity contribution in [1.29, 1.82) is 0 Å². The topological polar surface area (TPSA) is 83.7 Å². The highest BCUT2D eigenvalue weighted by atomic mass is 35.5. The Morgan fingerprint density at radius 1 is 1.21 bits per heavy atom. The fourth-order valence-corrected chi connectivity index (χ4v) is 5.14. The van der Waals surface area contributed by atoms with Gasteiger partial charge >= 0.3 is 0 Å². The molecule has 5 rings (SSSR count). The Labute approximate surface area is 177 Å². The summed E-state index contributed by atoms with van der Waals surface area (Å²) in [6.45, 7) is 1.58. The molecule has 1 saturated carbocycles. The minimum Gasteiger partial charge on any atom is -0.355 e. The standard InChI is InChI=1S/C20H21Cl2FN6/c21-12-3-1-2-11(15(12)22)16-17-19(28-27-16)26-14(10-25-17)29-8-6-20(7-9-29)5-4-13(23)18(20)24/h1-3,10,13,18H,4-9,24H2,(H,26,27,28). The lowest BCUT2D eigenvalue weighted by Crippen LogP contribution is -2.49. The lowest BCUT2D eigenvalue weighted by Gasteiger charge is -2.42. The number of nitrogens with two attached hydrogens (primary N) is 1. The number of anilines is 1. The molecule has 3 heterocycles. The molecule has 3 aromatic rings. The Kier molecular flexibility index (Phi) is 4.64. The molecular formula is C20H21Cl2FN6. The number of hydrogen-bond donors (Lipinski definition) is 2. The average molecular weight is 435 g/mol. The molecule has 2 fully saturated rings. The Hall–Kier alpha value is -1.96. The third kappa shape index (κ3) is 3.07. The summed E-state index contributed by atoms with van der Waals surface area (Å²) in [4.78, 5) is 11.5. The van der Waals surface area contributed by atoms with Gasteiger partial charge in [-0.05, 0) is 37.2 Å². The number of nitrogens with zero attached hydrogens (tertiary/aromatic N) is 4. The zero-order valence-electron chi connectivity index (χ0n) is 15.7. The first-order chi connectivity index (χ1) is 14.0. The van der Waals surface area contributed by atoms with E-state index in [1.165, 1.54) is 0 Å². The fourth-order valence-electron chi connectivity index (χ4n) is 4.74. The normalized spacial score (nSPS) is 23.9. The van der Waals surface area contributed by atoms with Gasteiger partial charge in [0, 0.05) is 24.7 Å². The highest BCUT2D eigenvalue weighted by Gasteiger charge is 2.48. The quantitative estimate of drug-likeness (QED) is 0.625. The number of alkyl halides is 1. The number of aromatic nitrogens is 4. The molecule has 152 valence electrons. The highest BCUT2D eigenvalue weighted by molar-refractivity contribution is 6.43. The van der Waals surface area contributed by atoms with Gasteiger partial charge in [0.05, 0.1) is 21.9 Å². The molecule has 1 spiro atoms. The van der Waals surface area contributed by atoms with Crippen LogP contribution >= 0.6 is 23.2 Å². The Morgan fingerprint density at radius 2 is 2.00 bits per heavy atom. The number of rotatable bonds is 2. The van der Waals surface area contributed by atoms with Gasteiger partial charge in [0.25, 0.3) is 0 Å². The summed E-state index contributed by atoms with van der Waals surface area (Å²) in [6.07, 6.45) is 4.07. The number of H-pyrrole nitrogens is 1. The second kappa shape index (κ2) is 7.07. The van der Waals surface area contributed by atoms with Gasteiger partial charge in [0.2, 0.25) is 5.65 Å². The van der Waals surface area contributed by atoms with E-state index in [0.717, 1.165) is 43.7 Å². The van der Waals surface area contributed by atoms with Crippen LogP contribution in [0.2, 0.25) is 10.0 Å². The molecule has 0 amide bonds. The molecule has 1 aliphatic carbocycles. The molecule has 2 aliphatic rings. The summed E-state index contributed by atoms with van der Waals surface area (Å²) in [6, 6.07) is 5.08. The van der Waals surface area contributed by atoms with Crippen molar-refractivity contribution in [3.63, 3.8) is 0 Å². The van der Waals surface area contributed by atoms with E-state index in [2.05, 4.69) is 25.1 Å². The minimum absolute atomic E-state index is 0.0731. The van der Waals surface area contributed by atoms with Crippen LogP contribution in [-0.2, 0) is 0 Å². The predicted octanol–water partition coefficient (Wildman–Crippen LogP) is 4.37. The van der Waals surface area contributed by atoms with Crippen molar-refractivity contribution in [2.45, 2.75) is 37.9 Å². The zero-order chi connectivity index (χ0) is 20.2. The molecule has 6 nitrogen and oxygen atoms in total. The third-order valence-corrected chi connectivity index (χ3v) is 7.39. The van der Waals surface area contributed by atoms with Crippen LogP contribution in [0.5, 0.6) is 0 Å². The average Bonchev–Trinajstić information content (AvgIpc) is 3.27. The monoisotopic (exact) mass is 434 g/mol. The van der Waals surface area contributed by atoms with Crippen LogP contribution in [0, 0.1) is 5.41 Å². The molecular weight excluding hydrogens is 414 g/mol. The molecule has 3 N–H and O–H groups in total. The largest absolute Gasteiger partial charge is 0.355 e. The number of benzene rings is 1. The second-order valence-corrected chi connectivity index (χ2v) is 8.82. The molecule has 2 aromatic heterocycles. The van der Waals surface area contributed by atoms with Gasteiger partial charge in [0.1, 0.15) is 17.5 Å². The second-order valence-electron chi connectivity index (χ2n) is 8.03. The minimum atomic E-state index is -0.876.